The fraction of sp³-hybridized carbons (Fsp3) is 0.818. The molecule has 1 saturated heterocycles. The third kappa shape index (κ3) is 3.56. The zero-order valence-corrected chi connectivity index (χ0v) is 18.2. The van der Waals surface area contributed by atoms with E-state index >= 15 is 0 Å². The van der Waals surface area contributed by atoms with Gasteiger partial charge in [0.25, 0.3) is 0 Å². The Labute approximate surface area is 169 Å². The van der Waals surface area contributed by atoms with Crippen LogP contribution in [0, 0.1) is 11.3 Å². The first-order chi connectivity index (χ1) is 13.4. The molecule has 2 heterocycles. The lowest BCUT2D eigenvalue weighted by Crippen LogP contribution is -2.71. The normalized spacial score (nSPS) is 31.7. The summed E-state index contributed by atoms with van der Waals surface area (Å²) in [5, 5.41) is 12.3. The second kappa shape index (κ2) is 7.69. The average molecular weight is 388 g/mol. The quantitative estimate of drug-likeness (QED) is 0.616. The number of fused-ring (bicyclic) bond motifs is 2. The predicted molar refractivity (Wildman–Crippen MR) is 113 cm³/mol. The Balaban J connectivity index is 1.41. The zero-order chi connectivity index (χ0) is 19.9. The fourth-order valence-electron chi connectivity index (χ4n) is 5.35. The van der Waals surface area contributed by atoms with Crippen molar-refractivity contribution in [2.24, 2.45) is 16.3 Å². The van der Waals surface area contributed by atoms with Gasteiger partial charge in [0.1, 0.15) is 0 Å². The third-order valence-corrected chi connectivity index (χ3v) is 6.91. The molecule has 4 atom stereocenters. The summed E-state index contributed by atoms with van der Waals surface area (Å²) in [5.41, 5.74) is 2.81. The molecule has 28 heavy (non-hydrogen) atoms. The van der Waals surface area contributed by atoms with E-state index in [4.69, 9.17) is 14.8 Å². The number of nitrogens with one attached hydrogen (secondary N) is 2. The van der Waals surface area contributed by atoms with Crippen LogP contribution in [-0.4, -0.2) is 47.1 Å². The molecule has 156 valence electrons. The number of ether oxygens (including phenoxy) is 1. The Hall–Kier alpha value is -1.56. The highest BCUT2D eigenvalue weighted by Gasteiger charge is 2.58. The lowest BCUT2D eigenvalue weighted by Gasteiger charge is -2.60. The van der Waals surface area contributed by atoms with Crippen LogP contribution in [0.4, 0.5) is 0 Å². The minimum absolute atomic E-state index is 0.150. The molecule has 0 amide bonds. The molecule has 0 spiro atoms. The van der Waals surface area contributed by atoms with Gasteiger partial charge in [0.05, 0.1) is 11.8 Å². The van der Waals surface area contributed by atoms with Crippen LogP contribution in [-0.2, 0) is 17.6 Å². The molecule has 0 bridgehead atoms. The molecule has 1 saturated carbocycles. The largest absolute Gasteiger partial charge is 0.377 e. The van der Waals surface area contributed by atoms with E-state index in [1.54, 1.807) is 0 Å². The summed E-state index contributed by atoms with van der Waals surface area (Å²) in [6.07, 6.45) is 8.24. The molecule has 1 aromatic heterocycles. The maximum atomic E-state index is 6.06. The Morgan fingerprint density at radius 1 is 1.36 bits per heavy atom. The molecule has 0 radical (unpaired) electrons. The highest BCUT2D eigenvalue weighted by Crippen LogP contribution is 2.51. The summed E-state index contributed by atoms with van der Waals surface area (Å²) in [6, 6.07) is 1.24. The van der Waals surface area contributed by atoms with Crippen molar-refractivity contribution in [1.29, 1.82) is 0 Å². The highest BCUT2D eigenvalue weighted by molar-refractivity contribution is 5.80. The van der Waals surface area contributed by atoms with Crippen molar-refractivity contribution in [2.45, 2.75) is 91.0 Å². The molecular formula is C22H37N5O. The van der Waals surface area contributed by atoms with Crippen molar-refractivity contribution in [3.05, 3.63) is 17.5 Å². The average Bonchev–Trinajstić information content (AvgIpc) is 3.10. The van der Waals surface area contributed by atoms with Gasteiger partial charge in [-0.2, -0.15) is 5.10 Å². The summed E-state index contributed by atoms with van der Waals surface area (Å²) < 4.78 is 8.17. The molecule has 1 aliphatic heterocycles. The number of aryl methyl sites for hydroxylation is 1. The number of hydrogen-bond donors (Lipinski definition) is 2. The maximum Gasteiger partial charge on any atom is 0.191 e. The number of aromatic nitrogens is 2. The van der Waals surface area contributed by atoms with Crippen molar-refractivity contribution >= 4 is 5.96 Å². The van der Waals surface area contributed by atoms with Gasteiger partial charge in [-0.05, 0) is 52.0 Å². The topological polar surface area (TPSA) is 63.5 Å². The van der Waals surface area contributed by atoms with Crippen molar-refractivity contribution < 1.29 is 4.74 Å². The number of guanidine groups is 1. The SMILES string of the molecule is CCN=C(NC1CCc2cn(C(C)C)nc2C1)NC1C2CCCOC2C1(C)C. The van der Waals surface area contributed by atoms with Gasteiger partial charge in [0, 0.05) is 55.2 Å². The molecule has 6 nitrogen and oxygen atoms in total. The van der Waals surface area contributed by atoms with Crippen LogP contribution in [0.2, 0.25) is 0 Å². The third-order valence-electron chi connectivity index (χ3n) is 6.91. The van der Waals surface area contributed by atoms with E-state index in [0.717, 1.165) is 38.4 Å². The van der Waals surface area contributed by atoms with Crippen LogP contribution in [0.1, 0.15) is 71.2 Å². The van der Waals surface area contributed by atoms with Gasteiger partial charge in [-0.1, -0.05) is 13.8 Å². The first-order valence-corrected chi connectivity index (χ1v) is 11.2. The molecule has 2 fully saturated rings. The molecule has 1 aromatic rings. The van der Waals surface area contributed by atoms with Crippen molar-refractivity contribution in [3.8, 4) is 0 Å². The summed E-state index contributed by atoms with van der Waals surface area (Å²) in [4.78, 5) is 4.76. The standard InChI is InChI=1S/C22H37N5O/c1-6-23-21(25-19-17-8-7-11-28-20(17)22(19,4)5)24-16-10-9-15-13-27(14(2)3)26-18(15)12-16/h13-14,16-17,19-20H,6-12H2,1-5H3,(H2,23,24,25). The maximum absolute atomic E-state index is 6.06. The molecule has 3 aliphatic rings. The van der Waals surface area contributed by atoms with E-state index < -0.39 is 0 Å². The molecular weight excluding hydrogens is 350 g/mol. The van der Waals surface area contributed by atoms with E-state index in [9.17, 15) is 0 Å². The van der Waals surface area contributed by atoms with Gasteiger partial charge in [-0.25, -0.2) is 0 Å². The van der Waals surface area contributed by atoms with Gasteiger partial charge in [0.2, 0.25) is 0 Å². The van der Waals surface area contributed by atoms with E-state index in [-0.39, 0.29) is 5.41 Å². The summed E-state index contributed by atoms with van der Waals surface area (Å²) in [5.74, 6) is 1.56. The number of rotatable bonds is 4. The van der Waals surface area contributed by atoms with E-state index in [1.807, 2.05) is 0 Å². The second-order valence-corrected chi connectivity index (χ2v) is 9.62. The Morgan fingerprint density at radius 3 is 2.93 bits per heavy atom. The lowest BCUT2D eigenvalue weighted by molar-refractivity contribution is -0.188. The first kappa shape index (κ1) is 19.7. The van der Waals surface area contributed by atoms with Gasteiger partial charge in [-0.3, -0.25) is 9.67 Å². The van der Waals surface area contributed by atoms with E-state index in [2.05, 4.69) is 56.1 Å². The van der Waals surface area contributed by atoms with Crippen LogP contribution in [0.25, 0.3) is 0 Å². The lowest BCUT2D eigenvalue weighted by atomic mass is 9.55. The Bertz CT molecular complexity index is 723. The van der Waals surface area contributed by atoms with Crippen LogP contribution < -0.4 is 10.6 Å². The summed E-state index contributed by atoms with van der Waals surface area (Å²) in [6.45, 7) is 12.8. The van der Waals surface area contributed by atoms with E-state index in [1.165, 1.54) is 24.1 Å². The van der Waals surface area contributed by atoms with Gasteiger partial charge in [-0.15, -0.1) is 0 Å². The monoisotopic (exact) mass is 387 g/mol. The Kier molecular flexibility index (Phi) is 5.43. The van der Waals surface area contributed by atoms with Gasteiger partial charge in [0.15, 0.2) is 5.96 Å². The molecule has 6 heteroatoms. The van der Waals surface area contributed by atoms with Crippen LogP contribution in [0.5, 0.6) is 0 Å². The van der Waals surface area contributed by atoms with E-state index in [0.29, 0.717) is 30.1 Å². The van der Waals surface area contributed by atoms with Crippen molar-refractivity contribution in [1.82, 2.24) is 20.4 Å². The van der Waals surface area contributed by atoms with Crippen LogP contribution in [0.15, 0.2) is 11.2 Å². The fourth-order valence-corrected chi connectivity index (χ4v) is 5.35. The Morgan fingerprint density at radius 2 is 2.18 bits per heavy atom. The molecule has 0 aromatic carbocycles. The smallest absolute Gasteiger partial charge is 0.191 e. The minimum Gasteiger partial charge on any atom is -0.377 e. The summed E-state index contributed by atoms with van der Waals surface area (Å²) >= 11 is 0. The van der Waals surface area contributed by atoms with Crippen LogP contribution >= 0.6 is 0 Å². The molecule has 4 rings (SSSR count). The number of aliphatic imine (C=N–C) groups is 1. The van der Waals surface area contributed by atoms with Gasteiger partial charge >= 0.3 is 0 Å². The van der Waals surface area contributed by atoms with Crippen molar-refractivity contribution in [3.63, 3.8) is 0 Å². The molecule has 4 unspecified atom stereocenters. The number of nitrogens with zero attached hydrogens (tertiary/aromatic N) is 3. The second-order valence-electron chi connectivity index (χ2n) is 9.62. The first-order valence-electron chi connectivity index (χ1n) is 11.2. The molecule has 2 aliphatic carbocycles. The predicted octanol–water partition coefficient (Wildman–Crippen LogP) is 3.08. The highest BCUT2D eigenvalue weighted by atomic mass is 16.5. The summed E-state index contributed by atoms with van der Waals surface area (Å²) in [7, 11) is 0. The zero-order valence-electron chi connectivity index (χ0n) is 18.2. The van der Waals surface area contributed by atoms with Crippen molar-refractivity contribution in [2.75, 3.05) is 13.2 Å². The number of hydrogen-bond acceptors (Lipinski definition) is 3. The molecule has 2 N–H and O–H groups in total. The van der Waals surface area contributed by atoms with Crippen LogP contribution in [0.3, 0.4) is 0 Å². The minimum atomic E-state index is 0.150. The van der Waals surface area contributed by atoms with Gasteiger partial charge < -0.3 is 15.4 Å².